The van der Waals surface area contributed by atoms with Crippen molar-refractivity contribution in [3.8, 4) is 0 Å². The fourth-order valence-electron chi connectivity index (χ4n) is 1.79. The first-order valence-electron chi connectivity index (χ1n) is 5.95. The van der Waals surface area contributed by atoms with Gasteiger partial charge in [0.25, 0.3) is 0 Å². The first-order chi connectivity index (χ1) is 6.88. The second-order valence-corrected chi connectivity index (χ2v) is 3.91. The van der Waals surface area contributed by atoms with Crippen molar-refractivity contribution in [2.45, 2.75) is 58.2 Å². The molecule has 1 saturated carbocycles. The van der Waals surface area contributed by atoms with E-state index in [1.54, 1.807) is 0 Å². The lowest BCUT2D eigenvalue weighted by Crippen LogP contribution is -2.35. The molecule has 2 nitrogen and oxygen atoms in total. The lowest BCUT2D eigenvalue weighted by atomic mass is 9.94. The first kappa shape index (κ1) is 12.0. The maximum absolute atomic E-state index is 5.79. The summed E-state index contributed by atoms with van der Waals surface area (Å²) in [7, 11) is 0. The van der Waals surface area contributed by atoms with Crippen LogP contribution in [0.3, 0.4) is 0 Å². The van der Waals surface area contributed by atoms with Crippen LogP contribution in [-0.2, 0) is 9.47 Å². The van der Waals surface area contributed by atoms with E-state index in [0.717, 1.165) is 32.5 Å². The normalized spacial score (nSPS) is 27.9. The van der Waals surface area contributed by atoms with Crippen LogP contribution < -0.4 is 0 Å². The van der Waals surface area contributed by atoms with Gasteiger partial charge in [-0.1, -0.05) is 20.3 Å². The first-order valence-corrected chi connectivity index (χ1v) is 5.95. The molecule has 83 valence electrons. The third-order valence-corrected chi connectivity index (χ3v) is 2.51. The number of hydrogen-bond acceptors (Lipinski definition) is 2. The van der Waals surface area contributed by atoms with Crippen molar-refractivity contribution in [1.82, 2.24) is 0 Å². The fourth-order valence-corrected chi connectivity index (χ4v) is 1.79. The molecule has 14 heavy (non-hydrogen) atoms. The van der Waals surface area contributed by atoms with Gasteiger partial charge in [-0.3, -0.25) is 0 Å². The Morgan fingerprint density at radius 3 is 2.57 bits per heavy atom. The van der Waals surface area contributed by atoms with Gasteiger partial charge in [0, 0.05) is 13.2 Å². The summed E-state index contributed by atoms with van der Waals surface area (Å²) in [6.45, 7) is 6.01. The van der Waals surface area contributed by atoms with E-state index in [2.05, 4.69) is 20.3 Å². The van der Waals surface area contributed by atoms with Gasteiger partial charge in [-0.25, -0.2) is 0 Å². The molecule has 2 unspecified atom stereocenters. The van der Waals surface area contributed by atoms with Gasteiger partial charge in [0.1, 0.15) is 0 Å². The van der Waals surface area contributed by atoms with Crippen molar-refractivity contribution < 1.29 is 9.47 Å². The van der Waals surface area contributed by atoms with Crippen LogP contribution in [0.1, 0.15) is 46.0 Å². The van der Waals surface area contributed by atoms with Crippen LogP contribution in [0.5, 0.6) is 0 Å². The van der Waals surface area contributed by atoms with Crippen molar-refractivity contribution >= 4 is 0 Å². The molecule has 2 atom stereocenters. The van der Waals surface area contributed by atoms with Crippen LogP contribution in [0.2, 0.25) is 0 Å². The summed E-state index contributed by atoms with van der Waals surface area (Å²) in [5.41, 5.74) is 0. The Morgan fingerprint density at radius 1 is 1.14 bits per heavy atom. The molecule has 0 aromatic rings. The maximum atomic E-state index is 5.79. The predicted molar refractivity (Wildman–Crippen MR) is 58.2 cm³/mol. The van der Waals surface area contributed by atoms with Gasteiger partial charge in [0.05, 0.1) is 12.2 Å². The van der Waals surface area contributed by atoms with E-state index < -0.39 is 0 Å². The van der Waals surface area contributed by atoms with E-state index in [1.807, 2.05) is 0 Å². The summed E-state index contributed by atoms with van der Waals surface area (Å²) >= 11 is 0. The molecule has 0 spiro atoms. The monoisotopic (exact) mass is 199 g/mol. The Hall–Kier alpha value is -0.0800. The van der Waals surface area contributed by atoms with Gasteiger partial charge in [-0.2, -0.15) is 0 Å². The van der Waals surface area contributed by atoms with Gasteiger partial charge in [-0.05, 0) is 32.1 Å². The zero-order chi connectivity index (χ0) is 10.2. The van der Waals surface area contributed by atoms with E-state index in [-0.39, 0.29) is 6.10 Å². The highest BCUT2D eigenvalue weighted by molar-refractivity contribution is 4.89. The van der Waals surface area contributed by atoms with E-state index in [1.165, 1.54) is 12.8 Å². The molecule has 0 aliphatic heterocycles. The highest BCUT2D eigenvalue weighted by Gasteiger charge is 2.26. The highest BCUT2D eigenvalue weighted by atomic mass is 16.5. The molecule has 0 N–H and O–H groups in total. The molecule has 0 aromatic heterocycles. The second kappa shape index (κ2) is 7.24. The summed E-state index contributed by atoms with van der Waals surface area (Å²) in [6.07, 6.45) is 8.61. The van der Waals surface area contributed by atoms with Gasteiger partial charge in [0.2, 0.25) is 0 Å². The zero-order valence-electron chi connectivity index (χ0n) is 9.50. The predicted octanol–water partition coefficient (Wildman–Crippen LogP) is 2.96. The Kier molecular flexibility index (Phi) is 6.20. The molecular weight excluding hydrogens is 176 g/mol. The minimum absolute atomic E-state index is 0.246. The number of hydrogen-bond donors (Lipinski definition) is 0. The molecule has 0 heterocycles. The van der Waals surface area contributed by atoms with E-state index in [4.69, 9.17) is 9.47 Å². The van der Waals surface area contributed by atoms with Gasteiger partial charge < -0.3 is 9.47 Å². The van der Waals surface area contributed by atoms with Gasteiger partial charge in [-0.15, -0.1) is 0 Å². The number of rotatable bonds is 6. The molecule has 2 heteroatoms. The average molecular weight is 199 g/mol. The highest BCUT2D eigenvalue weighted by Crippen LogP contribution is 2.23. The molecule has 0 amide bonds. The van der Waals surface area contributed by atoms with Crippen LogP contribution in [0.4, 0.5) is 0 Å². The fraction of sp³-hybridized carbons (Fsp3) is 0.917. The minimum Gasteiger partial charge on any atom is -0.376 e. The van der Waals surface area contributed by atoms with Crippen LogP contribution in [-0.4, -0.2) is 25.4 Å². The average Bonchev–Trinajstić information content (AvgIpc) is 2.24. The van der Waals surface area contributed by atoms with Crippen LogP contribution in [0.25, 0.3) is 0 Å². The van der Waals surface area contributed by atoms with Crippen LogP contribution >= 0.6 is 0 Å². The van der Waals surface area contributed by atoms with Crippen molar-refractivity contribution in [2.75, 3.05) is 13.2 Å². The SMILES string of the molecule is CCCOC1[CH]CCCC1OCCC. The molecule has 1 aliphatic rings. The molecule has 0 saturated heterocycles. The molecule has 0 aromatic carbocycles. The lowest BCUT2D eigenvalue weighted by Gasteiger charge is -2.31. The topological polar surface area (TPSA) is 18.5 Å². The molecular formula is C12H23O2. The third kappa shape index (κ3) is 3.97. The smallest absolute Gasteiger partial charge is 0.0868 e. The largest absolute Gasteiger partial charge is 0.376 e. The van der Waals surface area contributed by atoms with Crippen LogP contribution in [0.15, 0.2) is 0 Å². The summed E-state index contributed by atoms with van der Waals surface area (Å²) in [6, 6.07) is 0. The Bertz CT molecular complexity index is 120. The lowest BCUT2D eigenvalue weighted by molar-refractivity contribution is -0.0718. The minimum atomic E-state index is 0.246. The molecule has 1 aliphatic carbocycles. The standard InChI is InChI=1S/C12H23O2/c1-3-9-13-11-7-5-6-8-12(11)14-10-4-2/h7,11-12H,3-6,8-10H2,1-2H3. The van der Waals surface area contributed by atoms with Gasteiger partial charge >= 0.3 is 0 Å². The van der Waals surface area contributed by atoms with Crippen molar-refractivity contribution in [3.63, 3.8) is 0 Å². The van der Waals surface area contributed by atoms with Gasteiger partial charge in [0.15, 0.2) is 0 Å². The molecule has 1 fully saturated rings. The Balaban J connectivity index is 2.26. The van der Waals surface area contributed by atoms with E-state index in [0.29, 0.717) is 6.10 Å². The summed E-state index contributed by atoms with van der Waals surface area (Å²) in [5.74, 6) is 0. The van der Waals surface area contributed by atoms with Crippen molar-refractivity contribution in [2.24, 2.45) is 0 Å². The second-order valence-electron chi connectivity index (χ2n) is 3.91. The third-order valence-electron chi connectivity index (χ3n) is 2.51. The Morgan fingerprint density at radius 2 is 1.86 bits per heavy atom. The van der Waals surface area contributed by atoms with Crippen molar-refractivity contribution in [1.29, 1.82) is 0 Å². The Labute approximate surface area is 88.0 Å². The summed E-state index contributed by atoms with van der Waals surface area (Å²) < 4.78 is 11.5. The zero-order valence-corrected chi connectivity index (χ0v) is 9.50. The maximum Gasteiger partial charge on any atom is 0.0868 e. The molecule has 1 radical (unpaired) electrons. The summed E-state index contributed by atoms with van der Waals surface area (Å²) in [5, 5.41) is 0. The number of ether oxygens (including phenoxy) is 2. The molecule has 0 bridgehead atoms. The van der Waals surface area contributed by atoms with E-state index in [9.17, 15) is 0 Å². The quantitative estimate of drug-likeness (QED) is 0.654. The van der Waals surface area contributed by atoms with Crippen molar-refractivity contribution in [3.05, 3.63) is 6.42 Å². The molecule has 1 rings (SSSR count). The van der Waals surface area contributed by atoms with Crippen LogP contribution in [0, 0.1) is 6.42 Å². The van der Waals surface area contributed by atoms with E-state index >= 15 is 0 Å². The summed E-state index contributed by atoms with van der Waals surface area (Å²) in [4.78, 5) is 0.